The van der Waals surface area contributed by atoms with E-state index in [4.69, 9.17) is 9.47 Å². The molecular formula is C20H17NO4. The maximum atomic E-state index is 12.4. The summed E-state index contributed by atoms with van der Waals surface area (Å²) in [6.45, 7) is 0. The lowest BCUT2D eigenvalue weighted by Gasteiger charge is -2.10. The lowest BCUT2D eigenvalue weighted by atomic mass is 10.1. The highest BCUT2D eigenvalue weighted by Gasteiger charge is 2.14. The Balaban J connectivity index is 1.89. The van der Waals surface area contributed by atoms with Gasteiger partial charge in [0.1, 0.15) is 5.75 Å². The Morgan fingerprint density at radius 3 is 2.56 bits per heavy atom. The summed E-state index contributed by atoms with van der Waals surface area (Å²) in [6.07, 6.45) is 6.64. The van der Waals surface area contributed by atoms with Crippen LogP contribution in [0.1, 0.15) is 15.9 Å². The van der Waals surface area contributed by atoms with Gasteiger partial charge in [0.05, 0.1) is 19.8 Å². The number of aromatic nitrogens is 1. The van der Waals surface area contributed by atoms with Gasteiger partial charge in [-0.05, 0) is 35.2 Å². The number of ketones is 1. The number of phenols is 1. The number of carbonyl (C=O) groups excluding carboxylic acids is 1. The van der Waals surface area contributed by atoms with E-state index in [2.05, 4.69) is 4.98 Å². The summed E-state index contributed by atoms with van der Waals surface area (Å²) < 4.78 is 10.3. The Kier molecular flexibility index (Phi) is 4.66. The Morgan fingerprint density at radius 2 is 1.80 bits per heavy atom. The number of hydrogen-bond acceptors (Lipinski definition) is 5. The molecule has 0 amide bonds. The average molecular weight is 335 g/mol. The van der Waals surface area contributed by atoms with E-state index in [-0.39, 0.29) is 17.1 Å². The van der Waals surface area contributed by atoms with Crippen molar-refractivity contribution in [2.45, 2.75) is 0 Å². The molecule has 3 aromatic rings. The zero-order valence-corrected chi connectivity index (χ0v) is 13.9. The Morgan fingerprint density at radius 1 is 1.04 bits per heavy atom. The quantitative estimate of drug-likeness (QED) is 0.566. The van der Waals surface area contributed by atoms with Crippen LogP contribution in [0.2, 0.25) is 0 Å². The largest absolute Gasteiger partial charge is 0.507 e. The minimum Gasteiger partial charge on any atom is -0.507 e. The average Bonchev–Trinajstić information content (AvgIpc) is 2.65. The molecule has 0 unspecified atom stereocenters. The van der Waals surface area contributed by atoms with Gasteiger partial charge < -0.3 is 14.6 Å². The summed E-state index contributed by atoms with van der Waals surface area (Å²) in [5, 5.41) is 12.1. The summed E-state index contributed by atoms with van der Waals surface area (Å²) in [4.78, 5) is 16.5. The lowest BCUT2D eigenvalue weighted by molar-refractivity contribution is 0.104. The predicted molar refractivity (Wildman–Crippen MR) is 96.3 cm³/mol. The minimum atomic E-state index is -0.326. The van der Waals surface area contributed by atoms with Gasteiger partial charge in [-0.2, -0.15) is 0 Å². The highest BCUT2D eigenvalue weighted by Crippen LogP contribution is 2.34. The van der Waals surface area contributed by atoms with Gasteiger partial charge in [-0.1, -0.05) is 18.2 Å². The molecule has 0 fully saturated rings. The monoisotopic (exact) mass is 335 g/mol. The first-order valence-electron chi connectivity index (χ1n) is 7.63. The van der Waals surface area contributed by atoms with Crippen LogP contribution in [0.3, 0.4) is 0 Å². The number of pyridine rings is 1. The molecule has 3 rings (SSSR count). The van der Waals surface area contributed by atoms with E-state index < -0.39 is 0 Å². The molecule has 1 N–H and O–H groups in total. The van der Waals surface area contributed by atoms with E-state index in [0.717, 1.165) is 16.3 Å². The van der Waals surface area contributed by atoms with Crippen LogP contribution in [0.5, 0.6) is 17.2 Å². The van der Waals surface area contributed by atoms with Gasteiger partial charge in [0.15, 0.2) is 17.3 Å². The van der Waals surface area contributed by atoms with Crippen molar-refractivity contribution >= 4 is 22.6 Å². The van der Waals surface area contributed by atoms with Crippen molar-refractivity contribution in [1.82, 2.24) is 4.98 Å². The van der Waals surface area contributed by atoms with Gasteiger partial charge in [-0.15, -0.1) is 0 Å². The molecule has 2 aromatic carbocycles. The number of benzene rings is 2. The number of rotatable bonds is 5. The number of methoxy groups -OCH3 is 2. The molecule has 1 heterocycles. The van der Waals surface area contributed by atoms with Crippen LogP contribution in [0, 0.1) is 0 Å². The van der Waals surface area contributed by atoms with Crippen LogP contribution in [0.15, 0.2) is 54.9 Å². The summed E-state index contributed by atoms with van der Waals surface area (Å²) >= 11 is 0. The maximum absolute atomic E-state index is 12.4. The molecule has 126 valence electrons. The van der Waals surface area contributed by atoms with E-state index in [9.17, 15) is 9.90 Å². The Hall–Kier alpha value is -3.34. The van der Waals surface area contributed by atoms with Crippen LogP contribution < -0.4 is 9.47 Å². The van der Waals surface area contributed by atoms with Crippen LogP contribution in [0.25, 0.3) is 16.8 Å². The number of aromatic hydroxyl groups is 1. The number of phenolic OH excluding ortho intramolecular Hbond substituents is 1. The van der Waals surface area contributed by atoms with Gasteiger partial charge >= 0.3 is 0 Å². The first kappa shape index (κ1) is 16.5. The zero-order chi connectivity index (χ0) is 17.8. The van der Waals surface area contributed by atoms with Crippen molar-refractivity contribution in [2.75, 3.05) is 14.2 Å². The van der Waals surface area contributed by atoms with E-state index in [1.165, 1.54) is 32.4 Å². The topological polar surface area (TPSA) is 68.7 Å². The van der Waals surface area contributed by atoms with E-state index in [0.29, 0.717) is 11.5 Å². The second-order valence-corrected chi connectivity index (χ2v) is 5.40. The molecule has 0 radical (unpaired) electrons. The van der Waals surface area contributed by atoms with Crippen molar-refractivity contribution in [3.05, 3.63) is 66.0 Å². The molecule has 0 saturated carbocycles. The van der Waals surface area contributed by atoms with Gasteiger partial charge in [0.2, 0.25) is 0 Å². The maximum Gasteiger partial charge on any atom is 0.189 e. The Bertz CT molecular complexity index is 963. The summed E-state index contributed by atoms with van der Waals surface area (Å²) in [6, 6.07) is 10.6. The third-order valence-electron chi connectivity index (χ3n) is 3.86. The summed E-state index contributed by atoms with van der Waals surface area (Å²) in [7, 11) is 2.94. The summed E-state index contributed by atoms with van der Waals surface area (Å²) in [5.41, 5.74) is 1.03. The molecule has 1 aromatic heterocycles. The van der Waals surface area contributed by atoms with Gasteiger partial charge in [0.25, 0.3) is 0 Å². The molecular weight excluding hydrogens is 318 g/mol. The zero-order valence-electron chi connectivity index (χ0n) is 13.9. The van der Waals surface area contributed by atoms with Gasteiger partial charge in [-0.3, -0.25) is 9.78 Å². The van der Waals surface area contributed by atoms with Crippen molar-refractivity contribution in [1.29, 1.82) is 0 Å². The molecule has 25 heavy (non-hydrogen) atoms. The SMILES string of the molecule is COc1cc(O)c(C(=O)C=Cc2ccc3cnccc3c2)cc1OC. The minimum absolute atomic E-state index is 0.152. The third kappa shape index (κ3) is 3.45. The summed E-state index contributed by atoms with van der Waals surface area (Å²) in [5.74, 6) is 0.268. The van der Waals surface area contributed by atoms with Crippen molar-refractivity contribution in [2.24, 2.45) is 0 Å². The standard InChI is InChI=1S/C20H17NO4/c1-24-19-10-16(18(23)11-20(19)25-2)17(22)6-4-13-3-5-15-12-21-8-7-14(15)9-13/h3-12,23H,1-2H3. The fraction of sp³-hybridized carbons (Fsp3) is 0.100. The smallest absolute Gasteiger partial charge is 0.189 e. The van der Waals surface area contributed by atoms with Gasteiger partial charge in [0, 0.05) is 23.8 Å². The number of allylic oxidation sites excluding steroid dienone is 1. The first-order valence-corrected chi connectivity index (χ1v) is 7.63. The molecule has 0 aliphatic carbocycles. The van der Waals surface area contributed by atoms with Crippen LogP contribution in [0.4, 0.5) is 0 Å². The molecule has 0 spiro atoms. The highest BCUT2D eigenvalue weighted by atomic mass is 16.5. The fourth-order valence-electron chi connectivity index (χ4n) is 2.53. The van der Waals surface area contributed by atoms with Crippen LogP contribution in [-0.4, -0.2) is 30.1 Å². The van der Waals surface area contributed by atoms with Crippen molar-refractivity contribution in [3.63, 3.8) is 0 Å². The molecule has 0 aliphatic heterocycles. The van der Waals surface area contributed by atoms with Crippen LogP contribution >= 0.6 is 0 Å². The Labute approximate surface area is 145 Å². The molecule has 0 bridgehead atoms. The number of nitrogens with zero attached hydrogens (tertiary/aromatic N) is 1. The van der Waals surface area contributed by atoms with Crippen LogP contribution in [-0.2, 0) is 0 Å². The normalized spacial score (nSPS) is 11.0. The second kappa shape index (κ2) is 7.05. The fourth-order valence-corrected chi connectivity index (χ4v) is 2.53. The molecule has 5 nitrogen and oxygen atoms in total. The van der Waals surface area contributed by atoms with Gasteiger partial charge in [-0.25, -0.2) is 0 Å². The highest BCUT2D eigenvalue weighted by molar-refractivity contribution is 6.09. The number of fused-ring (bicyclic) bond motifs is 1. The first-order chi connectivity index (χ1) is 12.1. The predicted octanol–water partition coefficient (Wildman–Crippen LogP) is 3.85. The van der Waals surface area contributed by atoms with Crippen molar-refractivity contribution in [3.8, 4) is 17.2 Å². The third-order valence-corrected chi connectivity index (χ3v) is 3.86. The second-order valence-electron chi connectivity index (χ2n) is 5.40. The molecule has 0 atom stereocenters. The van der Waals surface area contributed by atoms with E-state index >= 15 is 0 Å². The number of hydrogen-bond donors (Lipinski definition) is 1. The molecule has 5 heteroatoms. The number of carbonyl (C=O) groups is 1. The van der Waals surface area contributed by atoms with E-state index in [1.54, 1.807) is 18.5 Å². The lowest BCUT2D eigenvalue weighted by Crippen LogP contribution is -1.98. The van der Waals surface area contributed by atoms with Crippen molar-refractivity contribution < 1.29 is 19.4 Å². The molecule has 0 saturated heterocycles. The number of ether oxygens (including phenoxy) is 2. The van der Waals surface area contributed by atoms with E-state index in [1.807, 2.05) is 24.3 Å². The molecule has 0 aliphatic rings.